The molecule has 154 valence electrons. The number of hydrogen-bond donors (Lipinski definition) is 1. The van der Waals surface area contributed by atoms with E-state index in [0.717, 1.165) is 5.69 Å². The molecule has 3 aliphatic carbocycles. The van der Waals surface area contributed by atoms with Gasteiger partial charge in [0.1, 0.15) is 29.5 Å². The molecule has 4 aliphatic rings. The fourth-order valence-corrected chi connectivity index (χ4v) is 4.55. The Labute approximate surface area is 159 Å². The summed E-state index contributed by atoms with van der Waals surface area (Å²) in [4.78, 5) is 22.6. The summed E-state index contributed by atoms with van der Waals surface area (Å²) in [6.07, 6.45) is -4.36. The van der Waals surface area contributed by atoms with Gasteiger partial charge in [0.2, 0.25) is 5.91 Å². The molecule has 1 aromatic heterocycles. The average molecular weight is 402 g/mol. The van der Waals surface area contributed by atoms with Crippen LogP contribution in [0.4, 0.5) is 23.4 Å². The van der Waals surface area contributed by atoms with Gasteiger partial charge in [0.25, 0.3) is 0 Å². The molecule has 1 N–H and O–H groups in total. The van der Waals surface area contributed by atoms with Gasteiger partial charge in [-0.05, 0) is 40.0 Å². The van der Waals surface area contributed by atoms with Crippen molar-refractivity contribution in [2.45, 2.75) is 75.7 Å². The number of rotatable bonds is 5. The minimum atomic E-state index is -4.72. The minimum absolute atomic E-state index is 0.110. The van der Waals surface area contributed by atoms with Gasteiger partial charge in [0, 0.05) is 18.0 Å². The number of likely N-dealkylation sites (tertiary alicyclic amines) is 1. The van der Waals surface area contributed by atoms with Crippen LogP contribution in [0.5, 0.6) is 0 Å². The van der Waals surface area contributed by atoms with Gasteiger partial charge in [-0.1, -0.05) is 0 Å². The number of carbonyl (C=O) groups is 1. The lowest BCUT2D eigenvalue weighted by Crippen LogP contribution is -2.67. The van der Waals surface area contributed by atoms with Crippen molar-refractivity contribution in [3.05, 3.63) is 17.6 Å². The summed E-state index contributed by atoms with van der Waals surface area (Å²) in [5, 5.41) is 3.00. The quantitative estimate of drug-likeness (QED) is 0.768. The van der Waals surface area contributed by atoms with E-state index >= 15 is 0 Å². The first-order valence-electron chi connectivity index (χ1n) is 9.26. The summed E-state index contributed by atoms with van der Waals surface area (Å²) >= 11 is 0. The molecule has 1 saturated heterocycles. The third-order valence-corrected chi connectivity index (χ3v) is 6.06. The Hall–Kier alpha value is -1.97. The first-order chi connectivity index (χ1) is 12.9. The van der Waals surface area contributed by atoms with Gasteiger partial charge in [-0.2, -0.15) is 0 Å². The Morgan fingerprint density at radius 1 is 1.36 bits per heavy atom. The first kappa shape index (κ1) is 19.4. The van der Waals surface area contributed by atoms with E-state index in [0.29, 0.717) is 30.9 Å². The molecule has 4 fully saturated rings. The van der Waals surface area contributed by atoms with Crippen molar-refractivity contribution in [2.75, 3.05) is 11.9 Å². The predicted molar refractivity (Wildman–Crippen MR) is 91.3 cm³/mol. The van der Waals surface area contributed by atoms with Crippen LogP contribution in [-0.2, 0) is 14.9 Å². The van der Waals surface area contributed by atoms with E-state index in [1.807, 2.05) is 0 Å². The SMILES string of the molecule is Cc1nc(N[C@H](C)C(=O)N2C[C@H](OC(F)(F)F)[C@@H]2C)cc(C23CC(F)(C2)C3)n1. The van der Waals surface area contributed by atoms with E-state index in [2.05, 4.69) is 20.0 Å². The van der Waals surface area contributed by atoms with Crippen molar-refractivity contribution in [1.82, 2.24) is 14.9 Å². The lowest BCUT2D eigenvalue weighted by atomic mass is 9.41. The molecule has 0 radical (unpaired) electrons. The molecule has 1 aliphatic heterocycles. The van der Waals surface area contributed by atoms with Crippen LogP contribution < -0.4 is 5.32 Å². The lowest BCUT2D eigenvalue weighted by Gasteiger charge is -2.65. The van der Waals surface area contributed by atoms with Crippen LogP contribution in [-0.4, -0.2) is 57.5 Å². The Morgan fingerprint density at radius 3 is 2.54 bits per heavy atom. The predicted octanol–water partition coefficient (Wildman–Crippen LogP) is 2.86. The van der Waals surface area contributed by atoms with Crippen LogP contribution in [0.15, 0.2) is 6.07 Å². The number of amides is 1. The van der Waals surface area contributed by atoms with Crippen LogP contribution in [0, 0.1) is 6.92 Å². The number of hydrogen-bond acceptors (Lipinski definition) is 5. The fourth-order valence-electron chi connectivity index (χ4n) is 4.55. The molecular weight excluding hydrogens is 380 g/mol. The van der Waals surface area contributed by atoms with E-state index in [1.54, 1.807) is 19.9 Å². The van der Waals surface area contributed by atoms with Crippen molar-refractivity contribution >= 4 is 11.7 Å². The average Bonchev–Trinajstić information content (AvgIpc) is 2.52. The normalized spacial score (nSPS) is 34.8. The van der Waals surface area contributed by atoms with Crippen molar-refractivity contribution in [1.29, 1.82) is 0 Å². The third kappa shape index (κ3) is 3.21. The molecule has 10 heteroatoms. The highest BCUT2D eigenvalue weighted by Gasteiger charge is 2.70. The maximum Gasteiger partial charge on any atom is 0.522 e. The molecular formula is C18H22F4N4O2. The molecule has 0 aromatic carbocycles. The second kappa shape index (κ2) is 6.01. The zero-order valence-corrected chi connectivity index (χ0v) is 15.8. The smallest absolute Gasteiger partial charge is 0.359 e. The number of carbonyl (C=O) groups excluding carboxylic acids is 1. The Morgan fingerprint density at radius 2 is 2.00 bits per heavy atom. The summed E-state index contributed by atoms with van der Waals surface area (Å²) in [6.45, 7) is 4.77. The van der Waals surface area contributed by atoms with Gasteiger partial charge in [-0.25, -0.2) is 14.4 Å². The number of nitrogens with zero attached hydrogens (tertiary/aromatic N) is 3. The highest BCUT2D eigenvalue weighted by atomic mass is 19.4. The largest absolute Gasteiger partial charge is 0.522 e. The monoisotopic (exact) mass is 402 g/mol. The molecule has 1 aromatic rings. The summed E-state index contributed by atoms with van der Waals surface area (Å²) in [7, 11) is 0. The molecule has 2 heterocycles. The molecule has 28 heavy (non-hydrogen) atoms. The van der Waals surface area contributed by atoms with Gasteiger partial charge in [-0.3, -0.25) is 9.53 Å². The summed E-state index contributed by atoms with van der Waals surface area (Å²) in [5.41, 5.74) is -0.490. The van der Waals surface area contributed by atoms with Crippen LogP contribution >= 0.6 is 0 Å². The molecule has 2 bridgehead atoms. The fraction of sp³-hybridized carbons (Fsp3) is 0.722. The van der Waals surface area contributed by atoms with E-state index < -0.39 is 30.2 Å². The Bertz CT molecular complexity index is 795. The van der Waals surface area contributed by atoms with Crippen molar-refractivity contribution in [2.24, 2.45) is 0 Å². The lowest BCUT2D eigenvalue weighted by molar-refractivity contribution is -0.359. The number of alkyl halides is 4. The molecule has 6 nitrogen and oxygen atoms in total. The van der Waals surface area contributed by atoms with Crippen LogP contribution in [0.2, 0.25) is 0 Å². The third-order valence-electron chi connectivity index (χ3n) is 6.06. The highest BCUT2D eigenvalue weighted by Crippen LogP contribution is 2.69. The van der Waals surface area contributed by atoms with Crippen LogP contribution in [0.3, 0.4) is 0 Å². The second-order valence-electron chi connectivity index (χ2n) is 8.35. The maximum atomic E-state index is 13.8. The number of anilines is 1. The van der Waals surface area contributed by atoms with Gasteiger partial charge in [-0.15, -0.1) is 13.2 Å². The molecule has 3 atom stereocenters. The van der Waals surface area contributed by atoms with Gasteiger partial charge in [0.15, 0.2) is 0 Å². The molecule has 1 amide bonds. The summed E-state index contributed by atoms with van der Waals surface area (Å²) < 4.78 is 54.8. The molecule has 5 rings (SSSR count). The number of halogens is 4. The highest BCUT2D eigenvalue weighted by molar-refractivity contribution is 5.85. The van der Waals surface area contributed by atoms with Crippen molar-refractivity contribution in [3.63, 3.8) is 0 Å². The number of nitrogens with one attached hydrogen (secondary N) is 1. The van der Waals surface area contributed by atoms with Crippen molar-refractivity contribution in [3.8, 4) is 0 Å². The van der Waals surface area contributed by atoms with Crippen LogP contribution in [0.1, 0.15) is 44.6 Å². The minimum Gasteiger partial charge on any atom is -0.359 e. The standard InChI is InChI=1S/C18H22F4N4O2/c1-9(15(27)26-5-12(10(26)2)28-18(20,21)22)23-14-4-13(24-11(3)25-14)16-6-17(19,7-16)8-16/h4,9-10,12H,5-8H2,1-3H3,(H,23,24,25)/t9-,10+,12+,16?,17?/m1/s1. The van der Waals surface area contributed by atoms with E-state index in [-0.39, 0.29) is 17.9 Å². The zero-order chi connectivity index (χ0) is 20.5. The maximum absolute atomic E-state index is 13.8. The van der Waals surface area contributed by atoms with Crippen LogP contribution in [0.25, 0.3) is 0 Å². The van der Waals surface area contributed by atoms with E-state index in [4.69, 9.17) is 0 Å². The second-order valence-corrected chi connectivity index (χ2v) is 8.35. The molecule has 3 saturated carbocycles. The summed E-state index contributed by atoms with van der Waals surface area (Å²) in [6, 6.07) is 0.393. The van der Waals surface area contributed by atoms with Gasteiger partial charge >= 0.3 is 6.36 Å². The molecule has 0 spiro atoms. The summed E-state index contributed by atoms with van der Waals surface area (Å²) in [5.74, 6) is 0.644. The van der Waals surface area contributed by atoms with Crippen molar-refractivity contribution < 1.29 is 27.1 Å². The van der Waals surface area contributed by atoms with E-state index in [1.165, 1.54) is 11.8 Å². The topological polar surface area (TPSA) is 67.4 Å². The van der Waals surface area contributed by atoms with Gasteiger partial charge < -0.3 is 10.2 Å². The number of ether oxygens (including phenoxy) is 1. The molecule has 0 unspecified atom stereocenters. The zero-order valence-electron chi connectivity index (χ0n) is 15.8. The number of aryl methyl sites for hydroxylation is 1. The Kier molecular flexibility index (Phi) is 4.16. The first-order valence-corrected chi connectivity index (χ1v) is 9.26. The van der Waals surface area contributed by atoms with E-state index in [9.17, 15) is 22.4 Å². The number of aromatic nitrogens is 2. The van der Waals surface area contributed by atoms with Gasteiger partial charge in [0.05, 0.1) is 11.7 Å². The Balaban J connectivity index is 1.38.